The topological polar surface area (TPSA) is 90.0 Å². The average molecular weight is 262 g/mol. The summed E-state index contributed by atoms with van der Waals surface area (Å²) in [6, 6.07) is 7.11. The summed E-state index contributed by atoms with van der Waals surface area (Å²) in [6.45, 7) is 1.59. The molecule has 0 bridgehead atoms. The number of aryl methyl sites for hydroxylation is 1. The molecule has 0 fully saturated rings. The van der Waals surface area contributed by atoms with E-state index in [1.165, 1.54) is 28.9 Å². The molecule has 0 unspecified atom stereocenters. The van der Waals surface area contributed by atoms with Crippen LogP contribution in [0.15, 0.2) is 35.1 Å². The first kappa shape index (κ1) is 12.9. The quantitative estimate of drug-likeness (QED) is 0.462. The summed E-state index contributed by atoms with van der Waals surface area (Å²) in [5.74, 6) is 3.63. The highest BCUT2D eigenvalue weighted by Crippen LogP contribution is 2.12. The lowest BCUT2D eigenvalue weighted by molar-refractivity contribution is 0.0945. The Kier molecular flexibility index (Phi) is 3.39. The summed E-state index contributed by atoms with van der Waals surface area (Å²) in [6.07, 6.45) is 0. The number of hydrazine groups is 1. The molecule has 1 aromatic heterocycles. The maximum absolute atomic E-state index is 13.7. The minimum atomic E-state index is -0.824. The molecule has 0 radical (unpaired) electrons. The summed E-state index contributed by atoms with van der Waals surface area (Å²) in [4.78, 5) is 23.0. The Morgan fingerprint density at radius 3 is 2.74 bits per heavy atom. The molecule has 0 spiro atoms. The van der Waals surface area contributed by atoms with Crippen LogP contribution < -0.4 is 16.7 Å². The van der Waals surface area contributed by atoms with E-state index in [1.807, 2.05) is 5.43 Å². The minimum absolute atomic E-state index is 0.145. The number of hydrogen-bond acceptors (Lipinski definition) is 4. The molecule has 0 aliphatic rings. The number of para-hydroxylation sites is 1. The van der Waals surface area contributed by atoms with Crippen molar-refractivity contribution >= 4 is 5.91 Å². The summed E-state index contributed by atoms with van der Waals surface area (Å²) in [7, 11) is 0. The molecule has 7 heteroatoms. The standard InChI is InChI=1S/C12H11FN4O2/c1-7-6-10(18)11(12(19)15-14)16-17(7)9-5-3-2-4-8(9)13/h2-6H,14H2,1H3,(H,15,19). The van der Waals surface area contributed by atoms with E-state index in [-0.39, 0.29) is 5.69 Å². The number of carbonyl (C=O) groups excluding carboxylic acids is 1. The van der Waals surface area contributed by atoms with E-state index in [1.54, 1.807) is 13.0 Å². The first-order chi connectivity index (χ1) is 9.04. The summed E-state index contributed by atoms with van der Waals surface area (Å²) < 4.78 is 14.9. The van der Waals surface area contributed by atoms with Gasteiger partial charge in [-0.15, -0.1) is 0 Å². The van der Waals surface area contributed by atoms with Crippen molar-refractivity contribution in [2.24, 2.45) is 5.84 Å². The zero-order valence-corrected chi connectivity index (χ0v) is 10.1. The molecule has 1 heterocycles. The van der Waals surface area contributed by atoms with Crippen LogP contribution in [0.1, 0.15) is 16.2 Å². The van der Waals surface area contributed by atoms with Crippen molar-refractivity contribution < 1.29 is 9.18 Å². The van der Waals surface area contributed by atoms with Crippen molar-refractivity contribution in [2.75, 3.05) is 0 Å². The Morgan fingerprint density at radius 1 is 1.42 bits per heavy atom. The number of benzene rings is 1. The normalized spacial score (nSPS) is 10.3. The van der Waals surface area contributed by atoms with Crippen molar-refractivity contribution in [3.05, 3.63) is 57.8 Å². The maximum atomic E-state index is 13.7. The Balaban J connectivity index is 2.68. The van der Waals surface area contributed by atoms with Gasteiger partial charge < -0.3 is 0 Å². The van der Waals surface area contributed by atoms with Gasteiger partial charge >= 0.3 is 0 Å². The Morgan fingerprint density at radius 2 is 2.11 bits per heavy atom. The van der Waals surface area contributed by atoms with E-state index in [9.17, 15) is 14.0 Å². The second-order valence-corrected chi connectivity index (χ2v) is 3.84. The summed E-state index contributed by atoms with van der Waals surface area (Å²) in [5.41, 5.74) is 1.41. The van der Waals surface area contributed by atoms with Gasteiger partial charge in [-0.3, -0.25) is 15.0 Å². The first-order valence-corrected chi connectivity index (χ1v) is 5.41. The third-order valence-corrected chi connectivity index (χ3v) is 2.53. The lowest BCUT2D eigenvalue weighted by Gasteiger charge is -2.11. The van der Waals surface area contributed by atoms with E-state index < -0.39 is 22.8 Å². The molecule has 0 saturated heterocycles. The van der Waals surface area contributed by atoms with E-state index in [0.29, 0.717) is 5.69 Å². The zero-order valence-electron chi connectivity index (χ0n) is 10.1. The van der Waals surface area contributed by atoms with Crippen LogP contribution in [0.5, 0.6) is 0 Å². The number of aromatic nitrogens is 2. The van der Waals surface area contributed by atoms with Crippen molar-refractivity contribution in [3.63, 3.8) is 0 Å². The fourth-order valence-corrected chi connectivity index (χ4v) is 1.64. The van der Waals surface area contributed by atoms with Gasteiger partial charge in [-0.2, -0.15) is 5.10 Å². The summed E-state index contributed by atoms with van der Waals surface area (Å²) in [5, 5.41) is 3.85. The van der Waals surface area contributed by atoms with Gasteiger partial charge in [0.1, 0.15) is 11.5 Å². The fraction of sp³-hybridized carbons (Fsp3) is 0.0833. The molecule has 0 atom stereocenters. The van der Waals surface area contributed by atoms with Crippen molar-refractivity contribution in [3.8, 4) is 5.69 Å². The number of nitrogens with two attached hydrogens (primary N) is 1. The number of halogens is 1. The lowest BCUT2D eigenvalue weighted by atomic mass is 10.2. The van der Waals surface area contributed by atoms with E-state index in [0.717, 1.165) is 0 Å². The molecule has 19 heavy (non-hydrogen) atoms. The fourth-order valence-electron chi connectivity index (χ4n) is 1.64. The van der Waals surface area contributed by atoms with Crippen LogP contribution in [0.4, 0.5) is 4.39 Å². The highest BCUT2D eigenvalue weighted by atomic mass is 19.1. The van der Waals surface area contributed by atoms with Gasteiger partial charge in [0.05, 0.1) is 0 Å². The van der Waals surface area contributed by atoms with E-state index in [2.05, 4.69) is 5.10 Å². The van der Waals surface area contributed by atoms with Gasteiger partial charge in [0.25, 0.3) is 5.91 Å². The van der Waals surface area contributed by atoms with Crippen LogP contribution in [0.3, 0.4) is 0 Å². The van der Waals surface area contributed by atoms with Gasteiger partial charge in [-0.05, 0) is 19.1 Å². The van der Waals surface area contributed by atoms with Crippen molar-refractivity contribution in [2.45, 2.75) is 6.92 Å². The van der Waals surface area contributed by atoms with Gasteiger partial charge in [0.2, 0.25) is 5.43 Å². The largest absolute Gasteiger partial charge is 0.289 e. The second kappa shape index (κ2) is 4.99. The molecule has 3 N–H and O–H groups in total. The highest BCUT2D eigenvalue weighted by Gasteiger charge is 2.15. The van der Waals surface area contributed by atoms with Gasteiger partial charge in [0.15, 0.2) is 5.69 Å². The second-order valence-electron chi connectivity index (χ2n) is 3.84. The highest BCUT2D eigenvalue weighted by molar-refractivity contribution is 5.91. The number of rotatable bonds is 2. The number of amides is 1. The first-order valence-electron chi connectivity index (χ1n) is 5.41. The number of nitrogen functional groups attached to an aromatic ring is 1. The van der Waals surface area contributed by atoms with Gasteiger partial charge in [-0.25, -0.2) is 14.9 Å². The number of nitrogens with one attached hydrogen (secondary N) is 1. The molecule has 2 aromatic rings. The number of carbonyl (C=O) groups is 1. The van der Waals surface area contributed by atoms with Crippen LogP contribution in [0.2, 0.25) is 0 Å². The van der Waals surface area contributed by atoms with Crippen LogP contribution >= 0.6 is 0 Å². The smallest absolute Gasteiger partial charge is 0.289 e. The summed E-state index contributed by atoms with van der Waals surface area (Å²) >= 11 is 0. The Hall–Kier alpha value is -2.54. The predicted molar refractivity (Wildman–Crippen MR) is 66.2 cm³/mol. The minimum Gasteiger partial charge on any atom is -0.289 e. The molecule has 0 aliphatic carbocycles. The molecule has 2 rings (SSSR count). The lowest BCUT2D eigenvalue weighted by Crippen LogP contribution is -2.36. The molecular formula is C12H11FN4O2. The molecule has 0 aliphatic heterocycles. The Labute approximate surface area is 107 Å². The predicted octanol–water partition coefficient (Wildman–Crippen LogP) is 0.284. The monoisotopic (exact) mass is 262 g/mol. The molecule has 6 nitrogen and oxygen atoms in total. The molecule has 1 amide bonds. The molecule has 98 valence electrons. The molecule has 0 saturated carbocycles. The number of hydrogen-bond donors (Lipinski definition) is 2. The van der Waals surface area contributed by atoms with Crippen LogP contribution in [0.25, 0.3) is 5.69 Å². The molecule has 1 aromatic carbocycles. The average Bonchev–Trinajstić information content (AvgIpc) is 2.39. The third-order valence-electron chi connectivity index (χ3n) is 2.53. The van der Waals surface area contributed by atoms with Gasteiger partial charge in [-0.1, -0.05) is 12.1 Å². The zero-order chi connectivity index (χ0) is 14.0. The van der Waals surface area contributed by atoms with Crippen molar-refractivity contribution in [1.82, 2.24) is 15.2 Å². The maximum Gasteiger partial charge on any atom is 0.289 e. The molecular weight excluding hydrogens is 251 g/mol. The van der Waals surface area contributed by atoms with Crippen LogP contribution in [0, 0.1) is 12.7 Å². The Bertz CT molecular complexity index is 696. The SMILES string of the molecule is Cc1cc(=O)c(C(=O)NN)nn1-c1ccccc1F. The van der Waals surface area contributed by atoms with Crippen molar-refractivity contribution in [1.29, 1.82) is 0 Å². The van der Waals surface area contributed by atoms with Crippen LogP contribution in [-0.4, -0.2) is 15.7 Å². The number of nitrogens with zero attached hydrogens (tertiary/aromatic N) is 2. The van der Waals surface area contributed by atoms with Crippen LogP contribution in [-0.2, 0) is 0 Å². The third kappa shape index (κ3) is 2.36. The van der Waals surface area contributed by atoms with Gasteiger partial charge in [0, 0.05) is 11.8 Å². The van der Waals surface area contributed by atoms with E-state index >= 15 is 0 Å². The van der Waals surface area contributed by atoms with E-state index in [4.69, 9.17) is 5.84 Å².